The molecule has 0 aliphatic carbocycles. The lowest BCUT2D eigenvalue weighted by Gasteiger charge is -2.25. The Labute approximate surface area is 141 Å². The number of hydrogen-bond donors (Lipinski definition) is 1. The van der Waals surface area contributed by atoms with Crippen LogP contribution >= 0.6 is 0 Å². The van der Waals surface area contributed by atoms with Crippen molar-refractivity contribution in [3.05, 3.63) is 53.6 Å². The van der Waals surface area contributed by atoms with Crippen LogP contribution in [0.5, 0.6) is 11.5 Å². The van der Waals surface area contributed by atoms with Crippen LogP contribution in [-0.4, -0.2) is 16.9 Å². The molecule has 0 aromatic heterocycles. The fourth-order valence-electron chi connectivity index (χ4n) is 2.39. The molecule has 128 valence electrons. The molecule has 0 saturated carbocycles. The van der Waals surface area contributed by atoms with Gasteiger partial charge < -0.3 is 9.47 Å². The van der Waals surface area contributed by atoms with E-state index in [0.29, 0.717) is 16.4 Å². The molecule has 0 radical (unpaired) electrons. The van der Waals surface area contributed by atoms with Gasteiger partial charge in [0.1, 0.15) is 17.0 Å². The minimum atomic E-state index is -3.12. The molecule has 2 aromatic carbocycles. The van der Waals surface area contributed by atoms with Gasteiger partial charge in [0.25, 0.3) is 5.92 Å². The maximum absolute atomic E-state index is 14.1. The number of ether oxygens (including phenoxy) is 2. The quantitative estimate of drug-likeness (QED) is 0.891. The molecule has 0 fully saturated rings. The van der Waals surface area contributed by atoms with Gasteiger partial charge in [0.15, 0.2) is 11.5 Å². The third-order valence-electron chi connectivity index (χ3n) is 3.70. The van der Waals surface area contributed by atoms with E-state index in [1.165, 1.54) is 12.1 Å². The highest BCUT2D eigenvalue weighted by atomic mass is 32.2. The van der Waals surface area contributed by atoms with Crippen molar-refractivity contribution in [1.29, 1.82) is 0 Å². The summed E-state index contributed by atoms with van der Waals surface area (Å²) in [5.41, 5.74) is 1.29. The van der Waals surface area contributed by atoms with Crippen LogP contribution in [-0.2, 0) is 11.0 Å². The second-order valence-corrected chi connectivity index (χ2v) is 6.95. The second kappa shape index (κ2) is 6.49. The summed E-state index contributed by atoms with van der Waals surface area (Å²) in [6.07, 6.45) is 0. The monoisotopic (exact) mass is 353 g/mol. The van der Waals surface area contributed by atoms with E-state index in [2.05, 4.69) is 4.72 Å². The van der Waals surface area contributed by atoms with Crippen LogP contribution in [0.4, 0.5) is 8.78 Å². The summed E-state index contributed by atoms with van der Waals surface area (Å²) in [5, 5.41) is 0. The van der Waals surface area contributed by atoms with Crippen molar-refractivity contribution in [1.82, 2.24) is 4.72 Å². The molecule has 0 saturated heterocycles. The summed E-state index contributed by atoms with van der Waals surface area (Å²) < 4.78 is 53.6. The topological polar surface area (TPSA) is 47.6 Å². The number of nitrogens with one attached hydrogen (secondary N) is 1. The number of benzene rings is 2. The third kappa shape index (κ3) is 3.57. The first-order chi connectivity index (χ1) is 11.3. The van der Waals surface area contributed by atoms with Gasteiger partial charge in [0.2, 0.25) is 6.79 Å². The molecule has 7 heteroatoms. The number of alkyl halides is 2. The fraction of sp³-hybridized carbons (Fsp3) is 0.294. The predicted octanol–water partition coefficient (Wildman–Crippen LogP) is 3.73. The van der Waals surface area contributed by atoms with E-state index in [-0.39, 0.29) is 12.4 Å². The van der Waals surface area contributed by atoms with Gasteiger partial charge in [-0.05, 0) is 36.8 Å². The highest BCUT2D eigenvalue weighted by Crippen LogP contribution is 2.38. The summed E-state index contributed by atoms with van der Waals surface area (Å²) in [6.45, 7) is 2.76. The molecular formula is C17H17F2NO3S. The Morgan fingerprint density at radius 1 is 1.12 bits per heavy atom. The smallest absolute Gasteiger partial charge is 0.265 e. The number of fused-ring (bicyclic) bond motifs is 1. The predicted molar refractivity (Wildman–Crippen MR) is 86.7 cm³/mol. The lowest BCUT2D eigenvalue weighted by molar-refractivity contribution is -0.0115. The molecule has 0 spiro atoms. The van der Waals surface area contributed by atoms with E-state index in [0.717, 1.165) is 12.5 Å². The van der Waals surface area contributed by atoms with Crippen molar-refractivity contribution < 1.29 is 22.5 Å². The molecule has 4 nitrogen and oxygen atoms in total. The third-order valence-corrected chi connectivity index (χ3v) is 4.85. The maximum Gasteiger partial charge on any atom is 0.265 e. The molecule has 3 rings (SSSR count). The lowest BCUT2D eigenvalue weighted by Crippen LogP contribution is -2.36. The minimum absolute atomic E-state index is 0.0642. The molecule has 0 bridgehead atoms. The lowest BCUT2D eigenvalue weighted by atomic mass is 10.0. The molecule has 1 aliphatic heterocycles. The molecule has 2 aromatic rings. The van der Waals surface area contributed by atoms with E-state index in [1.54, 1.807) is 30.3 Å². The first-order valence-corrected chi connectivity index (χ1v) is 8.51. The highest BCUT2D eigenvalue weighted by Gasteiger charge is 2.37. The van der Waals surface area contributed by atoms with Crippen LogP contribution in [0.3, 0.4) is 0 Å². The molecular weight excluding hydrogens is 336 g/mol. The van der Waals surface area contributed by atoms with E-state index < -0.39 is 22.9 Å². The summed E-state index contributed by atoms with van der Waals surface area (Å²) in [4.78, 5) is 0.440. The van der Waals surface area contributed by atoms with Gasteiger partial charge in [-0.1, -0.05) is 23.8 Å². The van der Waals surface area contributed by atoms with Crippen LogP contribution in [0.1, 0.15) is 24.1 Å². The van der Waals surface area contributed by atoms with Gasteiger partial charge in [-0.15, -0.1) is 0 Å². The van der Waals surface area contributed by atoms with Gasteiger partial charge in [0, 0.05) is 6.92 Å². The number of aryl methyl sites for hydroxylation is 1. The Hall–Kier alpha value is -1.99. The first-order valence-electron chi connectivity index (χ1n) is 7.36. The standard InChI is InChI=1S/C17H17F2NO3S/c1-11-3-6-13(7-4-11)24(21)20-16(17(2,18)19)12-5-8-14-15(9-12)23-10-22-14/h3-9,16,20H,10H2,1-2H3. The van der Waals surface area contributed by atoms with Crippen LogP contribution < -0.4 is 14.2 Å². The van der Waals surface area contributed by atoms with Crippen LogP contribution in [0.25, 0.3) is 0 Å². The van der Waals surface area contributed by atoms with Crippen LogP contribution in [0.15, 0.2) is 47.4 Å². The molecule has 24 heavy (non-hydrogen) atoms. The van der Waals surface area contributed by atoms with E-state index in [4.69, 9.17) is 9.47 Å². The zero-order valence-corrected chi connectivity index (χ0v) is 14.0. The normalized spacial score (nSPS) is 16.0. The minimum Gasteiger partial charge on any atom is -0.454 e. The largest absolute Gasteiger partial charge is 0.454 e. The molecule has 0 amide bonds. The SMILES string of the molecule is Cc1ccc(S(=O)NC(c2ccc3c(c2)OCO3)C(C)(F)F)cc1. The number of hydrogen-bond acceptors (Lipinski definition) is 3. The Balaban J connectivity index is 1.87. The van der Waals surface area contributed by atoms with Crippen molar-refractivity contribution in [3.63, 3.8) is 0 Å². The fourth-order valence-corrected chi connectivity index (χ4v) is 3.47. The van der Waals surface area contributed by atoms with Gasteiger partial charge in [-0.2, -0.15) is 0 Å². The van der Waals surface area contributed by atoms with Crippen LogP contribution in [0.2, 0.25) is 0 Å². The molecule has 2 atom stereocenters. The Morgan fingerprint density at radius 2 is 1.79 bits per heavy atom. The maximum atomic E-state index is 14.1. The first kappa shape index (κ1) is 16.9. The van der Waals surface area contributed by atoms with Gasteiger partial charge in [-0.25, -0.2) is 17.7 Å². The van der Waals surface area contributed by atoms with Gasteiger partial charge in [0.05, 0.1) is 4.90 Å². The Bertz CT molecular complexity index is 759. The number of halogens is 2. The van der Waals surface area contributed by atoms with Crippen LogP contribution in [0, 0.1) is 6.92 Å². The van der Waals surface area contributed by atoms with E-state index in [9.17, 15) is 13.0 Å². The van der Waals surface area contributed by atoms with Gasteiger partial charge >= 0.3 is 0 Å². The molecule has 1 heterocycles. The van der Waals surface area contributed by atoms with Crippen molar-refractivity contribution >= 4 is 11.0 Å². The summed E-state index contributed by atoms with van der Waals surface area (Å²) in [5.74, 6) is -2.20. The average molecular weight is 353 g/mol. The summed E-state index contributed by atoms with van der Waals surface area (Å²) in [6, 6.07) is 10.1. The van der Waals surface area contributed by atoms with E-state index in [1.807, 2.05) is 6.92 Å². The van der Waals surface area contributed by atoms with Gasteiger partial charge in [-0.3, -0.25) is 0 Å². The summed E-state index contributed by atoms with van der Waals surface area (Å²) >= 11 is 0. The Kier molecular flexibility index (Phi) is 4.56. The molecule has 1 N–H and O–H groups in total. The zero-order chi connectivity index (χ0) is 17.3. The average Bonchev–Trinajstić information content (AvgIpc) is 2.99. The number of rotatable bonds is 5. The molecule has 2 unspecified atom stereocenters. The highest BCUT2D eigenvalue weighted by molar-refractivity contribution is 7.83. The van der Waals surface area contributed by atoms with Crippen molar-refractivity contribution in [2.45, 2.75) is 30.7 Å². The zero-order valence-electron chi connectivity index (χ0n) is 13.2. The van der Waals surface area contributed by atoms with E-state index >= 15 is 0 Å². The van der Waals surface area contributed by atoms with Crippen molar-refractivity contribution in [2.24, 2.45) is 0 Å². The van der Waals surface area contributed by atoms with Crippen molar-refractivity contribution in [2.75, 3.05) is 6.79 Å². The Morgan fingerprint density at radius 3 is 2.46 bits per heavy atom. The summed E-state index contributed by atoms with van der Waals surface area (Å²) in [7, 11) is -1.77. The molecule has 1 aliphatic rings. The van der Waals surface area contributed by atoms with Crippen molar-refractivity contribution in [3.8, 4) is 11.5 Å². The second-order valence-electron chi connectivity index (χ2n) is 5.70.